The number of aliphatic imine (C=N–C) groups is 1. The highest BCUT2D eigenvalue weighted by atomic mass is 35.5. The minimum absolute atomic E-state index is 0.109. The van der Waals surface area contributed by atoms with Crippen LogP contribution in [0.4, 0.5) is 10.5 Å². The third-order valence-electron chi connectivity index (χ3n) is 4.97. The number of urea groups is 1. The summed E-state index contributed by atoms with van der Waals surface area (Å²) in [7, 11) is 0. The molecule has 0 atom stereocenters. The van der Waals surface area contributed by atoms with Gasteiger partial charge in [-0.1, -0.05) is 23.2 Å². The van der Waals surface area contributed by atoms with Crippen molar-refractivity contribution in [3.8, 4) is 5.69 Å². The molecule has 178 valence electrons. The van der Waals surface area contributed by atoms with E-state index in [1.54, 1.807) is 36.4 Å². The number of carbonyl (C=O) groups excluding carboxylic acids is 1. The number of benzene rings is 2. The average Bonchev–Trinajstić information content (AvgIpc) is 3.51. The largest absolute Gasteiger partial charge is 0.476 e. The predicted octanol–water partition coefficient (Wildman–Crippen LogP) is 4.65. The Morgan fingerprint density at radius 1 is 1.14 bits per heavy atom. The minimum atomic E-state index is -0.653. The Bertz CT molecular complexity index is 1610. The van der Waals surface area contributed by atoms with Crippen LogP contribution in [0.1, 0.15) is 5.56 Å². The normalized spacial score (nSPS) is 12.9. The van der Waals surface area contributed by atoms with Gasteiger partial charge in [-0.15, -0.1) is 11.3 Å². The van der Waals surface area contributed by atoms with E-state index in [1.165, 1.54) is 23.5 Å². The molecule has 0 saturated carbocycles. The smallest absolute Gasteiger partial charge is 0.333 e. The van der Waals surface area contributed by atoms with Gasteiger partial charge in [-0.2, -0.15) is 0 Å². The number of thiophene rings is 1. The van der Waals surface area contributed by atoms with Crippen molar-refractivity contribution in [2.24, 2.45) is 4.99 Å². The first kappa shape index (κ1) is 23.5. The van der Waals surface area contributed by atoms with Crippen LogP contribution in [0.3, 0.4) is 0 Å². The van der Waals surface area contributed by atoms with Gasteiger partial charge in [0, 0.05) is 11.3 Å². The minimum Gasteiger partial charge on any atom is -0.476 e. The average molecular weight is 548 g/mol. The molecular formula is C22H15Cl2N5O4S2. The second kappa shape index (κ2) is 9.78. The van der Waals surface area contributed by atoms with E-state index in [0.717, 1.165) is 20.7 Å². The lowest BCUT2D eigenvalue weighted by Crippen LogP contribution is -2.34. The highest BCUT2D eigenvalue weighted by Gasteiger charge is 2.16. The van der Waals surface area contributed by atoms with Gasteiger partial charge in [0.15, 0.2) is 0 Å². The first-order valence-corrected chi connectivity index (χ1v) is 12.5. The van der Waals surface area contributed by atoms with Crippen LogP contribution in [0.15, 0.2) is 67.3 Å². The number of hydrogen-bond donors (Lipinski definition) is 3. The lowest BCUT2D eigenvalue weighted by molar-refractivity contribution is 0.257. The third kappa shape index (κ3) is 4.94. The highest BCUT2D eigenvalue weighted by Crippen LogP contribution is 2.29. The molecule has 2 aromatic heterocycles. The van der Waals surface area contributed by atoms with E-state index in [1.807, 2.05) is 0 Å². The van der Waals surface area contributed by atoms with Gasteiger partial charge in [0.2, 0.25) is 5.90 Å². The van der Waals surface area contributed by atoms with E-state index in [0.29, 0.717) is 45.5 Å². The number of aromatic amines is 1. The topological polar surface area (TPSA) is 118 Å². The standard InChI is InChI=1S/C22H15Cl2N5O4S2/c23-14-10-12(26-21(31)28-35-18-6-5-17(24)34-18)2-4-16(14)29-20(30)13-3-1-11(19-25-7-8-33-19)9-15(13)27-22(29)32/h1-6,9-10H,7-8H2,(H,27,32)(H2,26,28,31). The Labute approximate surface area is 215 Å². The van der Waals surface area contributed by atoms with E-state index >= 15 is 0 Å². The summed E-state index contributed by atoms with van der Waals surface area (Å²) in [5.41, 5.74) is 0.419. The molecule has 0 radical (unpaired) electrons. The maximum atomic E-state index is 13.2. The molecule has 2 aromatic carbocycles. The monoisotopic (exact) mass is 547 g/mol. The molecule has 0 spiro atoms. The van der Waals surface area contributed by atoms with E-state index in [9.17, 15) is 14.4 Å². The van der Waals surface area contributed by atoms with Gasteiger partial charge in [-0.25, -0.2) is 19.1 Å². The molecule has 1 aliphatic rings. The molecule has 13 heteroatoms. The van der Waals surface area contributed by atoms with Crippen molar-refractivity contribution in [2.75, 3.05) is 18.5 Å². The number of nitrogens with one attached hydrogen (secondary N) is 3. The summed E-state index contributed by atoms with van der Waals surface area (Å²) < 4.78 is 10.5. The highest BCUT2D eigenvalue weighted by molar-refractivity contribution is 7.99. The molecule has 0 unspecified atom stereocenters. The molecule has 0 bridgehead atoms. The third-order valence-corrected chi connectivity index (χ3v) is 7.42. The van der Waals surface area contributed by atoms with Gasteiger partial charge in [0.25, 0.3) is 5.56 Å². The molecule has 0 saturated heterocycles. The van der Waals surface area contributed by atoms with E-state index < -0.39 is 17.3 Å². The van der Waals surface area contributed by atoms with Crippen molar-refractivity contribution < 1.29 is 9.53 Å². The molecule has 3 N–H and O–H groups in total. The maximum Gasteiger partial charge on any atom is 0.333 e. The van der Waals surface area contributed by atoms with Gasteiger partial charge < -0.3 is 15.0 Å². The van der Waals surface area contributed by atoms with Crippen LogP contribution in [-0.2, 0) is 4.74 Å². The zero-order valence-corrected chi connectivity index (χ0v) is 20.8. The number of aromatic nitrogens is 2. The number of fused-ring (bicyclic) bond motifs is 1. The van der Waals surface area contributed by atoms with E-state index in [2.05, 4.69) is 20.0 Å². The molecule has 3 heterocycles. The maximum absolute atomic E-state index is 13.2. The van der Waals surface area contributed by atoms with E-state index in [4.69, 9.17) is 27.9 Å². The zero-order chi connectivity index (χ0) is 24.5. The number of carbonyl (C=O) groups is 1. The van der Waals surface area contributed by atoms with Crippen LogP contribution in [0, 0.1) is 0 Å². The molecule has 0 aliphatic carbocycles. The summed E-state index contributed by atoms with van der Waals surface area (Å²) in [5, 5.41) is 3.06. The predicted molar refractivity (Wildman–Crippen MR) is 140 cm³/mol. The summed E-state index contributed by atoms with van der Waals surface area (Å²) in [6.45, 7) is 1.07. The molecule has 1 aliphatic heterocycles. The van der Waals surface area contributed by atoms with Gasteiger partial charge in [0.05, 0.1) is 36.7 Å². The van der Waals surface area contributed by atoms with E-state index in [-0.39, 0.29) is 10.7 Å². The summed E-state index contributed by atoms with van der Waals surface area (Å²) >= 11 is 14.7. The Balaban J connectivity index is 1.39. The summed E-state index contributed by atoms with van der Waals surface area (Å²) in [6, 6.07) is 12.5. The lowest BCUT2D eigenvalue weighted by atomic mass is 10.1. The molecule has 35 heavy (non-hydrogen) atoms. The van der Waals surface area contributed by atoms with Crippen molar-refractivity contribution in [2.45, 2.75) is 4.21 Å². The van der Waals surface area contributed by atoms with Crippen molar-refractivity contribution in [3.63, 3.8) is 0 Å². The quantitative estimate of drug-likeness (QED) is 0.314. The molecule has 4 aromatic rings. The summed E-state index contributed by atoms with van der Waals surface area (Å²) in [5.74, 6) is 0.477. The molecular weight excluding hydrogens is 533 g/mol. The molecule has 0 fully saturated rings. The Morgan fingerprint density at radius 3 is 2.71 bits per heavy atom. The van der Waals surface area contributed by atoms with Crippen molar-refractivity contribution in [1.82, 2.24) is 14.3 Å². The summed E-state index contributed by atoms with van der Waals surface area (Å²) in [6.07, 6.45) is 0. The first-order chi connectivity index (χ1) is 16.9. The zero-order valence-electron chi connectivity index (χ0n) is 17.6. The van der Waals surface area contributed by atoms with Crippen LogP contribution >= 0.6 is 46.5 Å². The number of hydrogen-bond acceptors (Lipinski definition) is 7. The van der Waals surface area contributed by atoms with Crippen LogP contribution in [-0.4, -0.2) is 34.6 Å². The molecule has 2 amide bonds. The fraction of sp³-hybridized carbons (Fsp3) is 0.0909. The second-order valence-corrected chi connectivity index (χ2v) is 10.5. The second-order valence-electron chi connectivity index (χ2n) is 7.25. The van der Waals surface area contributed by atoms with Crippen molar-refractivity contribution in [3.05, 3.63) is 84.3 Å². The van der Waals surface area contributed by atoms with Crippen molar-refractivity contribution >= 4 is 75.0 Å². The fourth-order valence-corrected chi connectivity index (χ4v) is 5.57. The number of ether oxygens (including phenoxy) is 1. The first-order valence-electron chi connectivity index (χ1n) is 10.1. The van der Waals surface area contributed by atoms with Crippen molar-refractivity contribution in [1.29, 1.82) is 0 Å². The number of halogens is 2. The van der Waals surface area contributed by atoms with Crippen LogP contribution in [0.2, 0.25) is 9.36 Å². The van der Waals surface area contributed by atoms with Crippen LogP contribution in [0.25, 0.3) is 16.6 Å². The lowest BCUT2D eigenvalue weighted by Gasteiger charge is -2.11. The molecule has 9 nitrogen and oxygen atoms in total. The fourth-order valence-electron chi connectivity index (χ4n) is 3.45. The SMILES string of the molecule is O=C(NSc1ccc(Cl)s1)Nc1ccc(-n2c(=O)[nH]c3cc(C4=NCCO4)ccc3c2=O)c(Cl)c1. The number of H-pyrrole nitrogens is 1. The van der Waals surface area contributed by atoms with Gasteiger partial charge in [-0.3, -0.25) is 9.52 Å². The number of nitrogens with zero attached hydrogens (tertiary/aromatic N) is 2. The Kier molecular flexibility index (Phi) is 6.56. The Morgan fingerprint density at radius 2 is 2.00 bits per heavy atom. The van der Waals surface area contributed by atoms with Crippen LogP contribution in [0.5, 0.6) is 0 Å². The number of rotatable bonds is 5. The number of amides is 2. The van der Waals surface area contributed by atoms with Crippen LogP contribution < -0.4 is 21.3 Å². The molecule has 5 rings (SSSR count). The Hall–Kier alpha value is -3.25. The number of anilines is 1. The van der Waals surface area contributed by atoms with Gasteiger partial charge >= 0.3 is 11.7 Å². The summed E-state index contributed by atoms with van der Waals surface area (Å²) in [4.78, 5) is 45.1. The van der Waals surface area contributed by atoms with Gasteiger partial charge in [0.1, 0.15) is 6.61 Å². The van der Waals surface area contributed by atoms with Gasteiger partial charge in [-0.05, 0) is 60.5 Å².